The van der Waals surface area contributed by atoms with E-state index < -0.39 is 0 Å². The third kappa shape index (κ3) is 5.34. The number of aryl methyl sites for hydroxylation is 1. The Morgan fingerprint density at radius 1 is 0.765 bits per heavy atom. The first-order valence-electron chi connectivity index (χ1n) is 12.1. The van der Waals surface area contributed by atoms with Gasteiger partial charge in [-0.05, 0) is 60.7 Å². The van der Waals surface area contributed by atoms with E-state index in [4.69, 9.17) is 16.3 Å². The number of hydrogen-bond acceptors (Lipinski definition) is 3. The number of fused-ring (bicyclic) bond motifs is 1. The molecule has 5 heteroatoms. The van der Waals surface area contributed by atoms with E-state index in [1.54, 1.807) is 24.3 Å². The maximum Gasteiger partial charge on any atom is 0.261 e. The van der Waals surface area contributed by atoms with Crippen LogP contribution in [0.2, 0.25) is 5.02 Å². The lowest BCUT2D eigenvalue weighted by molar-refractivity contribution is 0.0651. The summed E-state index contributed by atoms with van der Waals surface area (Å²) >= 11 is 6.44. The van der Waals surface area contributed by atoms with Gasteiger partial charge in [0.15, 0.2) is 0 Å². The van der Waals surface area contributed by atoms with Crippen molar-refractivity contribution < 1.29 is 14.3 Å². The van der Waals surface area contributed by atoms with Gasteiger partial charge in [-0.1, -0.05) is 74.2 Å². The highest BCUT2D eigenvalue weighted by Crippen LogP contribution is 2.33. The van der Waals surface area contributed by atoms with Crippen LogP contribution in [0.25, 0.3) is 11.1 Å². The fourth-order valence-electron chi connectivity index (χ4n) is 4.44. The molecule has 1 aliphatic rings. The van der Waals surface area contributed by atoms with Crippen molar-refractivity contribution in [2.75, 3.05) is 13.2 Å². The number of carbonyl (C=O) groups is 2. The fourth-order valence-corrected chi connectivity index (χ4v) is 4.74. The van der Waals surface area contributed by atoms with Gasteiger partial charge in [-0.15, -0.1) is 0 Å². The van der Waals surface area contributed by atoms with Gasteiger partial charge in [0.1, 0.15) is 5.75 Å². The van der Waals surface area contributed by atoms with Crippen molar-refractivity contribution in [1.82, 2.24) is 4.90 Å². The molecule has 1 aliphatic heterocycles. The van der Waals surface area contributed by atoms with Crippen LogP contribution >= 0.6 is 11.6 Å². The number of ether oxygens (including phenoxy) is 1. The molecule has 0 spiro atoms. The first-order valence-corrected chi connectivity index (χ1v) is 12.4. The molecule has 0 aliphatic carbocycles. The number of amides is 2. The molecule has 0 saturated carbocycles. The van der Waals surface area contributed by atoms with E-state index in [0.29, 0.717) is 24.3 Å². The molecule has 0 saturated heterocycles. The van der Waals surface area contributed by atoms with E-state index in [-0.39, 0.29) is 11.8 Å². The molecule has 0 N–H and O–H groups in total. The lowest BCUT2D eigenvalue weighted by Crippen LogP contribution is -2.30. The molecule has 3 aromatic rings. The van der Waals surface area contributed by atoms with E-state index in [9.17, 15) is 9.59 Å². The molecular formula is C29H30ClNO3. The molecular weight excluding hydrogens is 446 g/mol. The zero-order valence-electron chi connectivity index (χ0n) is 19.6. The van der Waals surface area contributed by atoms with Gasteiger partial charge in [0, 0.05) is 17.1 Å². The number of imide groups is 1. The van der Waals surface area contributed by atoms with Gasteiger partial charge < -0.3 is 4.74 Å². The Balaban J connectivity index is 1.14. The standard InChI is InChI=1S/C29H30ClNO3/c1-2-21-11-10-14-26(30)27(21)22-15-17-23(18-16-22)34-20-9-5-3-4-8-19-31-28(32)24-12-6-7-13-25(24)29(31)33/h6-7,10-18H,2-5,8-9,19-20H2,1H3. The summed E-state index contributed by atoms with van der Waals surface area (Å²) in [7, 11) is 0. The Bertz CT molecular complexity index is 1120. The van der Waals surface area contributed by atoms with Crippen molar-refractivity contribution in [1.29, 1.82) is 0 Å². The third-order valence-corrected chi connectivity index (χ3v) is 6.61. The van der Waals surface area contributed by atoms with Crippen LogP contribution in [0.3, 0.4) is 0 Å². The minimum Gasteiger partial charge on any atom is -0.494 e. The summed E-state index contributed by atoms with van der Waals surface area (Å²) in [5, 5.41) is 0.774. The van der Waals surface area contributed by atoms with Crippen molar-refractivity contribution in [3.05, 3.63) is 88.4 Å². The highest BCUT2D eigenvalue weighted by Gasteiger charge is 2.34. The van der Waals surface area contributed by atoms with E-state index >= 15 is 0 Å². The Morgan fingerprint density at radius 3 is 2.09 bits per heavy atom. The number of unbranched alkanes of at least 4 members (excludes halogenated alkanes) is 4. The summed E-state index contributed by atoms with van der Waals surface area (Å²) in [6, 6.07) is 21.2. The normalized spacial score (nSPS) is 12.8. The molecule has 2 amide bonds. The topological polar surface area (TPSA) is 46.6 Å². The van der Waals surface area contributed by atoms with Gasteiger partial charge in [0.25, 0.3) is 11.8 Å². The van der Waals surface area contributed by atoms with Gasteiger partial charge in [0.05, 0.1) is 17.7 Å². The van der Waals surface area contributed by atoms with Crippen LogP contribution < -0.4 is 4.74 Å². The van der Waals surface area contributed by atoms with Crippen molar-refractivity contribution in [2.45, 2.75) is 45.4 Å². The average Bonchev–Trinajstić information content (AvgIpc) is 3.11. The number of benzene rings is 3. The van der Waals surface area contributed by atoms with Gasteiger partial charge in [-0.3, -0.25) is 14.5 Å². The summed E-state index contributed by atoms with van der Waals surface area (Å²) in [4.78, 5) is 26.1. The summed E-state index contributed by atoms with van der Waals surface area (Å²) in [5.41, 5.74) is 4.49. The van der Waals surface area contributed by atoms with Crippen LogP contribution in [0.15, 0.2) is 66.7 Å². The quantitative estimate of drug-likeness (QED) is 0.217. The SMILES string of the molecule is CCc1cccc(Cl)c1-c1ccc(OCCCCCCCN2C(=O)c3ccccc3C2=O)cc1. The summed E-state index contributed by atoms with van der Waals surface area (Å²) in [6.45, 7) is 3.29. The summed E-state index contributed by atoms with van der Waals surface area (Å²) in [6.07, 6.45) is 5.83. The smallest absolute Gasteiger partial charge is 0.261 e. The number of nitrogens with zero attached hydrogens (tertiary/aromatic N) is 1. The zero-order chi connectivity index (χ0) is 23.9. The zero-order valence-corrected chi connectivity index (χ0v) is 20.3. The van der Waals surface area contributed by atoms with E-state index in [2.05, 4.69) is 25.1 Å². The molecule has 0 radical (unpaired) electrons. The predicted molar refractivity (Wildman–Crippen MR) is 137 cm³/mol. The second-order valence-electron chi connectivity index (χ2n) is 8.58. The van der Waals surface area contributed by atoms with Crippen molar-refractivity contribution in [3.8, 4) is 16.9 Å². The van der Waals surface area contributed by atoms with Gasteiger partial charge in [0.2, 0.25) is 0 Å². The molecule has 4 rings (SSSR count). The van der Waals surface area contributed by atoms with E-state index in [1.807, 2.05) is 24.3 Å². The van der Waals surface area contributed by atoms with Crippen LogP contribution in [0.4, 0.5) is 0 Å². The maximum absolute atomic E-state index is 12.4. The number of rotatable bonds is 11. The van der Waals surface area contributed by atoms with Crippen LogP contribution in [0.1, 0.15) is 65.3 Å². The Morgan fingerprint density at radius 2 is 1.41 bits per heavy atom. The second-order valence-corrected chi connectivity index (χ2v) is 8.98. The Hall–Kier alpha value is -3.11. The van der Waals surface area contributed by atoms with Crippen molar-refractivity contribution in [2.24, 2.45) is 0 Å². The summed E-state index contributed by atoms with van der Waals surface area (Å²) < 4.78 is 5.90. The maximum atomic E-state index is 12.4. The third-order valence-electron chi connectivity index (χ3n) is 6.30. The molecule has 0 fully saturated rings. The fraction of sp³-hybridized carbons (Fsp3) is 0.310. The highest BCUT2D eigenvalue weighted by molar-refractivity contribution is 6.33. The molecule has 0 atom stereocenters. The van der Waals surface area contributed by atoms with Crippen LogP contribution in [0, 0.1) is 0 Å². The Kier molecular flexibility index (Phi) is 8.02. The van der Waals surface area contributed by atoms with Gasteiger partial charge in [-0.25, -0.2) is 0 Å². The van der Waals surface area contributed by atoms with E-state index in [0.717, 1.165) is 60.4 Å². The largest absolute Gasteiger partial charge is 0.494 e. The van der Waals surface area contributed by atoms with Gasteiger partial charge >= 0.3 is 0 Å². The lowest BCUT2D eigenvalue weighted by atomic mass is 9.98. The summed E-state index contributed by atoms with van der Waals surface area (Å²) in [5.74, 6) is 0.528. The molecule has 4 nitrogen and oxygen atoms in total. The number of hydrogen-bond donors (Lipinski definition) is 0. The second kappa shape index (κ2) is 11.3. The van der Waals surface area contributed by atoms with Crippen molar-refractivity contribution >= 4 is 23.4 Å². The number of carbonyl (C=O) groups excluding carboxylic acids is 2. The Labute approximate surface area is 206 Å². The van der Waals surface area contributed by atoms with Crippen LogP contribution in [-0.2, 0) is 6.42 Å². The monoisotopic (exact) mass is 475 g/mol. The van der Waals surface area contributed by atoms with Crippen molar-refractivity contribution in [3.63, 3.8) is 0 Å². The minimum atomic E-state index is -0.166. The molecule has 3 aromatic carbocycles. The highest BCUT2D eigenvalue weighted by atomic mass is 35.5. The molecule has 34 heavy (non-hydrogen) atoms. The van der Waals surface area contributed by atoms with Crippen LogP contribution in [0.5, 0.6) is 5.75 Å². The van der Waals surface area contributed by atoms with E-state index in [1.165, 1.54) is 10.5 Å². The first-order chi connectivity index (χ1) is 16.6. The molecule has 0 unspecified atom stereocenters. The lowest BCUT2D eigenvalue weighted by Gasteiger charge is -2.13. The molecule has 0 aromatic heterocycles. The minimum absolute atomic E-state index is 0.166. The molecule has 176 valence electrons. The molecule has 1 heterocycles. The molecule has 0 bridgehead atoms. The van der Waals surface area contributed by atoms with Crippen LogP contribution in [-0.4, -0.2) is 29.9 Å². The predicted octanol–water partition coefficient (Wildman–Crippen LogP) is 7.19. The number of halogens is 1. The average molecular weight is 476 g/mol. The van der Waals surface area contributed by atoms with Gasteiger partial charge in [-0.2, -0.15) is 0 Å². The first kappa shape index (κ1) is 24.0.